The number of benzene rings is 2. The minimum Gasteiger partial charge on any atom is -0.539 e. The van der Waals surface area contributed by atoms with E-state index >= 15 is 13.2 Å². The van der Waals surface area contributed by atoms with Crippen molar-refractivity contribution in [3.05, 3.63) is 41.0 Å². The standard InChI is InChI=1S/C26H35F6OSi2/c1-6-34(7-2,8-3)15-35(16(4)5,17-12-10-9-11-13-17)33-26-24(31)21-20(23(30)25(26)32)18(27)14-19(28)22(21)29/h16-17H,6-13,15H2,1-5H3. The lowest BCUT2D eigenvalue weighted by Crippen LogP contribution is -2.56. The molecule has 0 N–H and O–H groups in total. The maximum Gasteiger partial charge on any atom is 0.254 e. The van der Waals surface area contributed by atoms with Gasteiger partial charge in [-0.05, 0) is 29.6 Å². The Bertz CT molecular complexity index is 1060. The molecule has 2 aromatic carbocycles. The van der Waals surface area contributed by atoms with Gasteiger partial charge >= 0.3 is 0 Å². The summed E-state index contributed by atoms with van der Waals surface area (Å²) in [5.41, 5.74) is 0.799. The molecule has 1 fully saturated rings. The Hall–Kier alpha value is -1.49. The highest BCUT2D eigenvalue weighted by Crippen LogP contribution is 2.50. The second-order valence-corrected chi connectivity index (χ2v) is 21.0. The van der Waals surface area contributed by atoms with Gasteiger partial charge in [0.15, 0.2) is 29.0 Å². The molecule has 1 unspecified atom stereocenters. The first-order valence-corrected chi connectivity index (χ1v) is 17.8. The SMILES string of the molecule is CC[Si](CC)(CC)C[Si](Oc1c(F)c(F)c2c(F)[c]c(F)c(F)c2c1F)(C(C)C)C1CCCCC1. The van der Waals surface area contributed by atoms with Crippen molar-refractivity contribution in [3.8, 4) is 5.75 Å². The van der Waals surface area contributed by atoms with Crippen LogP contribution >= 0.6 is 0 Å². The van der Waals surface area contributed by atoms with Crippen molar-refractivity contribution >= 4 is 27.2 Å². The predicted octanol–water partition coefficient (Wildman–Crippen LogP) is 9.59. The Morgan fingerprint density at radius 3 is 1.86 bits per heavy atom. The van der Waals surface area contributed by atoms with E-state index in [9.17, 15) is 13.2 Å². The lowest BCUT2D eigenvalue weighted by molar-refractivity contribution is 0.381. The Kier molecular flexibility index (Phi) is 8.72. The fourth-order valence-corrected chi connectivity index (χ4v) is 21.6. The van der Waals surface area contributed by atoms with Crippen molar-refractivity contribution in [2.75, 3.05) is 0 Å². The van der Waals surface area contributed by atoms with Crippen LogP contribution in [0.1, 0.15) is 66.7 Å². The molecule has 0 amide bonds. The van der Waals surface area contributed by atoms with Crippen LogP contribution in [0.4, 0.5) is 26.3 Å². The second-order valence-electron chi connectivity index (χ2n) is 10.4. The molecule has 35 heavy (non-hydrogen) atoms. The van der Waals surface area contributed by atoms with Crippen molar-refractivity contribution in [2.45, 2.75) is 102 Å². The third-order valence-electron chi connectivity index (χ3n) is 8.60. The summed E-state index contributed by atoms with van der Waals surface area (Å²) in [6.07, 6.45) is 4.75. The zero-order valence-corrected chi connectivity index (χ0v) is 23.2. The van der Waals surface area contributed by atoms with Gasteiger partial charge in [-0.2, -0.15) is 4.39 Å². The lowest BCUT2D eigenvalue weighted by Gasteiger charge is -2.48. The molecule has 0 aromatic heterocycles. The molecule has 0 heterocycles. The van der Waals surface area contributed by atoms with Crippen molar-refractivity contribution in [3.63, 3.8) is 0 Å². The van der Waals surface area contributed by atoms with E-state index in [1.165, 1.54) is 6.07 Å². The Balaban J connectivity index is 2.30. The molecule has 1 nitrogen and oxygen atoms in total. The summed E-state index contributed by atoms with van der Waals surface area (Å²) in [5, 5.41) is -2.56. The third kappa shape index (κ3) is 4.91. The summed E-state index contributed by atoms with van der Waals surface area (Å²) in [6.45, 7) is 10.4. The van der Waals surface area contributed by atoms with Gasteiger partial charge in [0.2, 0.25) is 5.82 Å². The Morgan fingerprint density at radius 2 is 1.34 bits per heavy atom. The molecule has 1 radical (unpaired) electrons. The number of halogens is 6. The number of rotatable bonds is 9. The minimum absolute atomic E-state index is 0.0536. The maximum atomic E-state index is 15.7. The highest BCUT2D eigenvalue weighted by molar-refractivity contribution is 6.96. The monoisotopic (exact) mass is 533 g/mol. The predicted molar refractivity (Wildman–Crippen MR) is 133 cm³/mol. The van der Waals surface area contributed by atoms with Gasteiger partial charge in [-0.25, -0.2) is 22.0 Å². The van der Waals surface area contributed by atoms with Gasteiger partial charge in [0.1, 0.15) is 5.82 Å². The first-order valence-electron chi connectivity index (χ1n) is 12.7. The van der Waals surface area contributed by atoms with Crippen LogP contribution in [-0.4, -0.2) is 16.4 Å². The van der Waals surface area contributed by atoms with Crippen LogP contribution in [0, 0.1) is 41.0 Å². The van der Waals surface area contributed by atoms with Crippen LogP contribution in [0.3, 0.4) is 0 Å². The molecule has 1 saturated carbocycles. The van der Waals surface area contributed by atoms with Gasteiger partial charge in [-0.1, -0.05) is 72.0 Å². The average molecular weight is 534 g/mol. The van der Waals surface area contributed by atoms with Crippen LogP contribution in [0.5, 0.6) is 5.75 Å². The molecule has 0 bridgehead atoms. The van der Waals surface area contributed by atoms with Gasteiger partial charge in [0, 0.05) is 0 Å². The quantitative estimate of drug-likeness (QED) is 0.177. The van der Waals surface area contributed by atoms with E-state index in [1.807, 2.05) is 13.8 Å². The molecule has 1 aliphatic carbocycles. The average Bonchev–Trinajstić information content (AvgIpc) is 2.85. The summed E-state index contributed by atoms with van der Waals surface area (Å²) < 4.78 is 95.2. The number of hydrogen-bond acceptors (Lipinski definition) is 1. The molecule has 9 heteroatoms. The maximum absolute atomic E-state index is 15.7. The van der Waals surface area contributed by atoms with E-state index in [0.29, 0.717) is 0 Å². The van der Waals surface area contributed by atoms with Gasteiger partial charge in [-0.15, -0.1) is 0 Å². The second kappa shape index (κ2) is 10.9. The zero-order valence-electron chi connectivity index (χ0n) is 21.2. The summed E-state index contributed by atoms with van der Waals surface area (Å²) in [5.74, 6) is -11.4. The zero-order chi connectivity index (χ0) is 26.1. The highest BCUT2D eigenvalue weighted by atomic mass is 28.4. The van der Waals surface area contributed by atoms with E-state index in [1.54, 1.807) is 0 Å². The van der Waals surface area contributed by atoms with Crippen LogP contribution in [0.15, 0.2) is 0 Å². The topological polar surface area (TPSA) is 9.23 Å². The van der Waals surface area contributed by atoms with Crippen LogP contribution in [0.2, 0.25) is 34.9 Å². The third-order valence-corrected chi connectivity index (χ3v) is 22.8. The van der Waals surface area contributed by atoms with Crippen molar-refractivity contribution < 1.29 is 30.8 Å². The van der Waals surface area contributed by atoms with Gasteiger partial charge < -0.3 is 4.43 Å². The smallest absolute Gasteiger partial charge is 0.254 e. The van der Waals surface area contributed by atoms with Crippen molar-refractivity contribution in [1.82, 2.24) is 0 Å². The largest absolute Gasteiger partial charge is 0.539 e. The normalized spacial score (nSPS) is 17.3. The number of hydrogen-bond donors (Lipinski definition) is 0. The molecule has 1 aliphatic rings. The Morgan fingerprint density at radius 1 is 0.771 bits per heavy atom. The van der Waals surface area contributed by atoms with E-state index in [-0.39, 0.29) is 11.1 Å². The van der Waals surface area contributed by atoms with E-state index < -0.39 is 67.8 Å². The van der Waals surface area contributed by atoms with E-state index in [2.05, 4.69) is 20.8 Å². The lowest BCUT2D eigenvalue weighted by atomic mass is 10.0. The highest BCUT2D eigenvalue weighted by Gasteiger charge is 2.53. The molecular weight excluding hydrogens is 498 g/mol. The van der Waals surface area contributed by atoms with Crippen LogP contribution < -0.4 is 4.43 Å². The van der Waals surface area contributed by atoms with Gasteiger partial charge in [0.05, 0.1) is 24.9 Å². The molecule has 3 rings (SSSR count). The van der Waals surface area contributed by atoms with E-state index in [0.717, 1.165) is 55.9 Å². The fourth-order valence-electron chi connectivity index (χ4n) is 6.01. The molecule has 195 valence electrons. The van der Waals surface area contributed by atoms with Gasteiger partial charge in [0.25, 0.3) is 8.32 Å². The van der Waals surface area contributed by atoms with Crippen LogP contribution in [0.25, 0.3) is 10.8 Å². The summed E-state index contributed by atoms with van der Waals surface area (Å²) in [6, 6.07) is 4.30. The van der Waals surface area contributed by atoms with Crippen molar-refractivity contribution in [2.24, 2.45) is 0 Å². The van der Waals surface area contributed by atoms with E-state index in [4.69, 9.17) is 4.43 Å². The first-order chi connectivity index (χ1) is 16.5. The summed E-state index contributed by atoms with van der Waals surface area (Å²) in [7, 11) is -4.92. The fraction of sp³-hybridized carbons (Fsp3) is 0.615. The van der Waals surface area contributed by atoms with Gasteiger partial charge in [-0.3, -0.25) is 0 Å². The number of fused-ring (bicyclic) bond motifs is 1. The molecule has 0 saturated heterocycles. The summed E-state index contributed by atoms with van der Waals surface area (Å²) in [4.78, 5) is 0. The molecule has 0 spiro atoms. The summed E-state index contributed by atoms with van der Waals surface area (Å²) >= 11 is 0. The van der Waals surface area contributed by atoms with Crippen molar-refractivity contribution in [1.29, 1.82) is 0 Å². The first kappa shape index (κ1) is 28.1. The Labute approximate surface area is 206 Å². The molecule has 0 aliphatic heterocycles. The molecule has 2 aromatic rings. The minimum atomic E-state index is -3.03. The molecular formula is C26H35F6OSi2. The molecule has 1 atom stereocenters. The van der Waals surface area contributed by atoms with Crippen LogP contribution in [-0.2, 0) is 0 Å².